The predicted octanol–water partition coefficient (Wildman–Crippen LogP) is 4.07. The first kappa shape index (κ1) is 21.0. The molecule has 0 fully saturated rings. The molecule has 6 heteroatoms. The van der Waals surface area contributed by atoms with E-state index in [2.05, 4.69) is 5.32 Å². The van der Waals surface area contributed by atoms with E-state index in [1.165, 1.54) is 13.0 Å². The van der Waals surface area contributed by atoms with Gasteiger partial charge in [0.25, 0.3) is 5.91 Å². The summed E-state index contributed by atoms with van der Waals surface area (Å²) in [5, 5.41) is 2.70. The van der Waals surface area contributed by atoms with Crippen molar-refractivity contribution in [3.8, 4) is 11.5 Å². The quantitative estimate of drug-likeness (QED) is 0.522. The molecule has 2 rings (SSSR count). The lowest BCUT2D eigenvalue weighted by Crippen LogP contribution is -2.29. The Morgan fingerprint density at radius 3 is 2.00 bits per heavy atom. The zero-order valence-electron chi connectivity index (χ0n) is 16.3. The highest BCUT2D eigenvalue weighted by molar-refractivity contribution is 5.96. The van der Waals surface area contributed by atoms with Crippen LogP contribution in [-0.4, -0.2) is 31.2 Å². The maximum atomic E-state index is 12.2. The van der Waals surface area contributed by atoms with Crippen LogP contribution in [0.25, 0.3) is 6.08 Å². The minimum atomic E-state index is -0.927. The van der Waals surface area contributed by atoms with Gasteiger partial charge >= 0.3 is 5.97 Å². The van der Waals surface area contributed by atoms with Crippen LogP contribution in [0.3, 0.4) is 0 Å². The normalized spacial score (nSPS) is 11.7. The zero-order valence-corrected chi connectivity index (χ0v) is 16.3. The molecule has 0 aliphatic carbocycles. The maximum absolute atomic E-state index is 12.2. The van der Waals surface area contributed by atoms with Crippen LogP contribution in [0.2, 0.25) is 0 Å². The number of amides is 1. The van der Waals surface area contributed by atoms with Gasteiger partial charge in [-0.1, -0.05) is 12.1 Å². The Balaban J connectivity index is 1.84. The molecule has 0 aromatic heterocycles. The maximum Gasteiger partial charge on any atom is 0.331 e. The molecule has 0 unspecified atom stereocenters. The Morgan fingerprint density at radius 1 is 0.929 bits per heavy atom. The van der Waals surface area contributed by atoms with Crippen molar-refractivity contribution in [1.82, 2.24) is 0 Å². The topological polar surface area (TPSA) is 73.9 Å². The Labute approximate surface area is 165 Å². The van der Waals surface area contributed by atoms with Crippen LogP contribution in [0.4, 0.5) is 5.69 Å². The average Bonchev–Trinajstić information content (AvgIpc) is 2.69. The second-order valence-electron chi connectivity index (χ2n) is 5.86. The van der Waals surface area contributed by atoms with Gasteiger partial charge in [-0.3, -0.25) is 4.79 Å². The molecule has 0 saturated carbocycles. The number of nitrogens with one attached hydrogen (secondary N) is 1. The van der Waals surface area contributed by atoms with Crippen LogP contribution >= 0.6 is 0 Å². The lowest BCUT2D eigenvalue weighted by Gasteiger charge is -2.12. The van der Waals surface area contributed by atoms with E-state index in [4.69, 9.17) is 14.2 Å². The molecule has 2 aromatic rings. The van der Waals surface area contributed by atoms with Crippen LogP contribution in [0.5, 0.6) is 11.5 Å². The van der Waals surface area contributed by atoms with Gasteiger partial charge < -0.3 is 19.5 Å². The zero-order chi connectivity index (χ0) is 20.4. The summed E-state index contributed by atoms with van der Waals surface area (Å²) < 4.78 is 15.9. The van der Waals surface area contributed by atoms with Crippen molar-refractivity contribution < 1.29 is 23.8 Å². The number of esters is 1. The van der Waals surface area contributed by atoms with E-state index in [9.17, 15) is 9.59 Å². The second kappa shape index (κ2) is 10.8. The number of hydrogen-bond acceptors (Lipinski definition) is 5. The number of ether oxygens (including phenoxy) is 3. The predicted molar refractivity (Wildman–Crippen MR) is 108 cm³/mol. The van der Waals surface area contributed by atoms with E-state index < -0.39 is 18.0 Å². The number of rotatable bonds is 9. The minimum absolute atomic E-state index is 0.410. The molecule has 0 aliphatic rings. The van der Waals surface area contributed by atoms with E-state index in [1.807, 2.05) is 38.1 Å². The monoisotopic (exact) mass is 383 g/mol. The van der Waals surface area contributed by atoms with E-state index in [1.54, 1.807) is 30.3 Å². The van der Waals surface area contributed by atoms with Crippen LogP contribution < -0.4 is 14.8 Å². The van der Waals surface area contributed by atoms with Crippen molar-refractivity contribution >= 4 is 23.6 Å². The smallest absolute Gasteiger partial charge is 0.331 e. The Kier molecular flexibility index (Phi) is 8.09. The van der Waals surface area contributed by atoms with Gasteiger partial charge in [0.15, 0.2) is 6.10 Å². The van der Waals surface area contributed by atoms with Gasteiger partial charge in [0, 0.05) is 11.8 Å². The second-order valence-corrected chi connectivity index (χ2v) is 5.86. The summed E-state index contributed by atoms with van der Waals surface area (Å²) in [7, 11) is 0. The van der Waals surface area contributed by atoms with E-state index in [0.717, 1.165) is 17.1 Å². The van der Waals surface area contributed by atoms with Crippen molar-refractivity contribution in [2.75, 3.05) is 18.5 Å². The number of anilines is 1. The third kappa shape index (κ3) is 6.79. The third-order valence-corrected chi connectivity index (χ3v) is 3.70. The fourth-order valence-corrected chi connectivity index (χ4v) is 2.32. The highest BCUT2D eigenvalue weighted by Crippen LogP contribution is 2.16. The summed E-state index contributed by atoms with van der Waals surface area (Å²) in [4.78, 5) is 24.1. The van der Waals surface area contributed by atoms with Gasteiger partial charge in [0.05, 0.1) is 13.2 Å². The average molecular weight is 383 g/mol. The number of hydrogen-bond donors (Lipinski definition) is 1. The summed E-state index contributed by atoms with van der Waals surface area (Å²) in [6.07, 6.45) is 1.98. The minimum Gasteiger partial charge on any atom is -0.494 e. The molecule has 0 bridgehead atoms. The molecule has 1 atom stereocenters. The highest BCUT2D eigenvalue weighted by Gasteiger charge is 2.16. The van der Waals surface area contributed by atoms with E-state index in [-0.39, 0.29) is 0 Å². The molecule has 0 saturated heterocycles. The van der Waals surface area contributed by atoms with Gasteiger partial charge in [0.2, 0.25) is 0 Å². The summed E-state index contributed by atoms with van der Waals surface area (Å²) in [6.45, 7) is 6.50. The molecule has 1 N–H and O–H groups in total. The molecule has 0 heterocycles. The van der Waals surface area contributed by atoms with Crippen LogP contribution in [0.15, 0.2) is 54.6 Å². The Hall–Kier alpha value is -3.28. The molecule has 0 aliphatic heterocycles. The first-order valence-corrected chi connectivity index (χ1v) is 9.17. The largest absolute Gasteiger partial charge is 0.494 e. The van der Waals surface area contributed by atoms with Gasteiger partial charge in [0.1, 0.15) is 11.5 Å². The summed E-state index contributed by atoms with van der Waals surface area (Å²) >= 11 is 0. The molecule has 6 nitrogen and oxygen atoms in total. The van der Waals surface area contributed by atoms with Gasteiger partial charge in [-0.2, -0.15) is 0 Å². The first-order valence-electron chi connectivity index (χ1n) is 9.17. The van der Waals surface area contributed by atoms with Crippen molar-refractivity contribution in [1.29, 1.82) is 0 Å². The van der Waals surface area contributed by atoms with E-state index in [0.29, 0.717) is 18.9 Å². The lowest BCUT2D eigenvalue weighted by atomic mass is 10.2. The van der Waals surface area contributed by atoms with Crippen molar-refractivity contribution in [2.24, 2.45) is 0 Å². The molecule has 148 valence electrons. The first-order chi connectivity index (χ1) is 13.5. The molecule has 2 aromatic carbocycles. The van der Waals surface area contributed by atoms with Gasteiger partial charge in [-0.05, 0) is 68.8 Å². The fraction of sp³-hybridized carbons (Fsp3) is 0.273. The van der Waals surface area contributed by atoms with Crippen LogP contribution in [-0.2, 0) is 14.3 Å². The molecule has 1 amide bonds. The Morgan fingerprint density at radius 2 is 1.46 bits per heavy atom. The molecule has 0 spiro atoms. The number of carbonyl (C=O) groups is 2. The summed E-state index contributed by atoms with van der Waals surface area (Å²) in [6, 6.07) is 14.3. The van der Waals surface area contributed by atoms with Crippen molar-refractivity contribution in [3.63, 3.8) is 0 Å². The number of carbonyl (C=O) groups excluding carboxylic acids is 2. The summed E-state index contributed by atoms with van der Waals surface area (Å²) in [5.74, 6) is 0.483. The van der Waals surface area contributed by atoms with Crippen molar-refractivity contribution in [3.05, 3.63) is 60.2 Å². The lowest BCUT2D eigenvalue weighted by molar-refractivity contribution is -0.148. The summed E-state index contributed by atoms with van der Waals surface area (Å²) in [5.41, 5.74) is 1.42. The molecule has 0 radical (unpaired) electrons. The van der Waals surface area contributed by atoms with Crippen LogP contribution in [0.1, 0.15) is 26.3 Å². The molecule has 28 heavy (non-hydrogen) atoms. The third-order valence-electron chi connectivity index (χ3n) is 3.70. The van der Waals surface area contributed by atoms with E-state index >= 15 is 0 Å². The molecular weight excluding hydrogens is 358 g/mol. The highest BCUT2D eigenvalue weighted by atomic mass is 16.5. The van der Waals surface area contributed by atoms with Crippen LogP contribution in [0, 0.1) is 0 Å². The number of benzene rings is 2. The SMILES string of the molecule is CCOc1ccc(/C=C/C(=O)O[C@@H](C)C(=O)Nc2ccc(OCC)cc2)cc1. The fourth-order valence-electron chi connectivity index (χ4n) is 2.32. The molecular formula is C22H25NO5. The Bertz CT molecular complexity index is 797. The van der Waals surface area contributed by atoms with Crippen molar-refractivity contribution in [2.45, 2.75) is 26.9 Å². The van der Waals surface area contributed by atoms with Gasteiger partial charge in [-0.15, -0.1) is 0 Å². The standard InChI is InChI=1S/C22H25NO5/c1-4-26-19-11-6-17(7-12-19)8-15-21(24)28-16(3)22(25)23-18-9-13-20(14-10-18)27-5-2/h6-16H,4-5H2,1-3H3,(H,23,25)/b15-8+/t16-/m0/s1. The van der Waals surface area contributed by atoms with Gasteiger partial charge in [-0.25, -0.2) is 4.79 Å².